The van der Waals surface area contributed by atoms with Crippen LogP contribution in [0, 0.1) is 0 Å². The first-order valence-electron chi connectivity index (χ1n) is 8.30. The second kappa shape index (κ2) is 8.56. The van der Waals surface area contributed by atoms with Crippen LogP contribution in [0.2, 0.25) is 0 Å². The minimum absolute atomic E-state index is 0.00294. The standard InChI is InChI=1S/C18H25NO4/c1-3-4-5-6-10-23-18(21)13-19-9-11-22-17-8-7-15(14(2)20)12-16(17)19/h7-8,12H,3-6,9-11,13H2,1-2H3. The summed E-state index contributed by atoms with van der Waals surface area (Å²) in [5, 5.41) is 0. The molecule has 0 radical (unpaired) electrons. The number of ether oxygens (including phenoxy) is 2. The Bertz CT molecular complexity index is 556. The van der Waals surface area contributed by atoms with Gasteiger partial charge < -0.3 is 14.4 Å². The zero-order chi connectivity index (χ0) is 16.7. The molecule has 1 aromatic rings. The number of unbranched alkanes of at least 4 members (excludes halogenated alkanes) is 3. The van der Waals surface area contributed by atoms with Gasteiger partial charge in [0.25, 0.3) is 0 Å². The van der Waals surface area contributed by atoms with E-state index in [1.165, 1.54) is 13.3 Å². The zero-order valence-electron chi connectivity index (χ0n) is 14.0. The van der Waals surface area contributed by atoms with Crippen LogP contribution in [0.25, 0.3) is 0 Å². The minimum atomic E-state index is -0.234. The largest absolute Gasteiger partial charge is 0.490 e. The Morgan fingerprint density at radius 2 is 2.09 bits per heavy atom. The predicted octanol–water partition coefficient (Wildman–Crippen LogP) is 3.21. The van der Waals surface area contributed by atoms with Gasteiger partial charge >= 0.3 is 5.97 Å². The normalized spacial score (nSPS) is 13.2. The lowest BCUT2D eigenvalue weighted by atomic mass is 10.1. The van der Waals surface area contributed by atoms with Gasteiger partial charge in [0.05, 0.1) is 18.8 Å². The van der Waals surface area contributed by atoms with E-state index in [0.717, 1.165) is 24.9 Å². The zero-order valence-corrected chi connectivity index (χ0v) is 14.0. The number of ketones is 1. The van der Waals surface area contributed by atoms with E-state index >= 15 is 0 Å². The van der Waals surface area contributed by atoms with Gasteiger partial charge in [-0.25, -0.2) is 0 Å². The van der Waals surface area contributed by atoms with Crippen molar-refractivity contribution in [2.75, 3.05) is 31.2 Å². The molecule has 1 heterocycles. The number of hydrogen-bond acceptors (Lipinski definition) is 5. The molecule has 0 saturated heterocycles. The lowest BCUT2D eigenvalue weighted by molar-refractivity contribution is -0.142. The van der Waals surface area contributed by atoms with E-state index in [2.05, 4.69) is 6.92 Å². The number of rotatable bonds is 8. The molecule has 0 bridgehead atoms. The second-order valence-electron chi connectivity index (χ2n) is 5.79. The number of fused-ring (bicyclic) bond motifs is 1. The van der Waals surface area contributed by atoms with Crippen LogP contribution in [0.3, 0.4) is 0 Å². The minimum Gasteiger partial charge on any atom is -0.490 e. The fourth-order valence-electron chi connectivity index (χ4n) is 2.57. The Kier molecular flexibility index (Phi) is 6.44. The monoisotopic (exact) mass is 319 g/mol. The maximum atomic E-state index is 12.0. The summed E-state index contributed by atoms with van der Waals surface area (Å²) in [7, 11) is 0. The summed E-state index contributed by atoms with van der Waals surface area (Å²) in [5.41, 5.74) is 1.40. The van der Waals surface area contributed by atoms with Crippen molar-refractivity contribution in [3.63, 3.8) is 0 Å². The molecule has 2 rings (SSSR count). The summed E-state index contributed by atoms with van der Waals surface area (Å²) in [6.07, 6.45) is 4.33. The molecule has 5 heteroatoms. The van der Waals surface area contributed by atoms with Crippen molar-refractivity contribution in [1.29, 1.82) is 0 Å². The Hall–Kier alpha value is -2.04. The number of esters is 1. The molecule has 0 spiro atoms. The van der Waals surface area contributed by atoms with Gasteiger partial charge in [0, 0.05) is 5.56 Å². The third-order valence-corrected chi connectivity index (χ3v) is 3.91. The molecular formula is C18H25NO4. The van der Waals surface area contributed by atoms with Gasteiger partial charge in [-0.15, -0.1) is 0 Å². The fourth-order valence-corrected chi connectivity index (χ4v) is 2.57. The summed E-state index contributed by atoms with van der Waals surface area (Å²) in [4.78, 5) is 25.5. The van der Waals surface area contributed by atoms with Crippen LogP contribution in [-0.4, -0.2) is 38.1 Å². The van der Waals surface area contributed by atoms with Crippen molar-refractivity contribution in [3.05, 3.63) is 23.8 Å². The van der Waals surface area contributed by atoms with Gasteiger partial charge in [0.1, 0.15) is 18.9 Å². The summed E-state index contributed by atoms with van der Waals surface area (Å²) < 4.78 is 10.9. The quantitative estimate of drug-likeness (QED) is 0.418. The van der Waals surface area contributed by atoms with Crippen LogP contribution in [-0.2, 0) is 9.53 Å². The van der Waals surface area contributed by atoms with E-state index in [1.807, 2.05) is 4.90 Å². The Balaban J connectivity index is 1.93. The van der Waals surface area contributed by atoms with E-state index in [9.17, 15) is 9.59 Å². The molecule has 1 aromatic carbocycles. The first-order chi connectivity index (χ1) is 11.1. The summed E-state index contributed by atoms with van der Waals surface area (Å²) in [6.45, 7) is 5.47. The van der Waals surface area contributed by atoms with Gasteiger partial charge in [0.2, 0.25) is 0 Å². The molecule has 1 aliphatic rings. The van der Waals surface area contributed by atoms with Crippen molar-refractivity contribution in [1.82, 2.24) is 0 Å². The van der Waals surface area contributed by atoms with Crippen molar-refractivity contribution >= 4 is 17.4 Å². The molecule has 0 N–H and O–H groups in total. The van der Waals surface area contributed by atoms with E-state index in [4.69, 9.17) is 9.47 Å². The van der Waals surface area contributed by atoms with Crippen LogP contribution in [0.4, 0.5) is 5.69 Å². The maximum Gasteiger partial charge on any atom is 0.325 e. The van der Waals surface area contributed by atoms with E-state index in [1.54, 1.807) is 18.2 Å². The highest BCUT2D eigenvalue weighted by Crippen LogP contribution is 2.32. The topological polar surface area (TPSA) is 55.8 Å². The molecule has 0 aromatic heterocycles. The van der Waals surface area contributed by atoms with Crippen LogP contribution in [0.5, 0.6) is 5.75 Å². The Morgan fingerprint density at radius 3 is 2.83 bits per heavy atom. The number of benzene rings is 1. The van der Waals surface area contributed by atoms with Crippen LogP contribution in [0.15, 0.2) is 18.2 Å². The van der Waals surface area contributed by atoms with Crippen molar-refractivity contribution in [2.45, 2.75) is 39.5 Å². The number of hydrogen-bond donors (Lipinski definition) is 0. The molecule has 1 aliphatic heterocycles. The third kappa shape index (κ3) is 4.98. The van der Waals surface area contributed by atoms with E-state index < -0.39 is 0 Å². The smallest absolute Gasteiger partial charge is 0.325 e. The lowest BCUT2D eigenvalue weighted by Gasteiger charge is -2.30. The summed E-state index contributed by atoms with van der Waals surface area (Å²) in [5.74, 6) is 0.469. The van der Waals surface area contributed by atoms with Crippen molar-refractivity contribution < 1.29 is 19.1 Å². The van der Waals surface area contributed by atoms with Gasteiger partial charge in [-0.05, 0) is 31.5 Å². The number of carbonyl (C=O) groups excluding carboxylic acids is 2. The Morgan fingerprint density at radius 1 is 1.26 bits per heavy atom. The highest BCUT2D eigenvalue weighted by Gasteiger charge is 2.21. The summed E-state index contributed by atoms with van der Waals surface area (Å²) >= 11 is 0. The van der Waals surface area contributed by atoms with Gasteiger partial charge in [0.15, 0.2) is 5.78 Å². The predicted molar refractivity (Wildman–Crippen MR) is 89.3 cm³/mol. The SMILES string of the molecule is CCCCCCOC(=O)CN1CCOc2ccc(C(C)=O)cc21. The number of nitrogens with zero attached hydrogens (tertiary/aromatic N) is 1. The molecule has 0 unspecified atom stereocenters. The molecule has 0 atom stereocenters. The van der Waals surface area contributed by atoms with E-state index in [-0.39, 0.29) is 18.3 Å². The first-order valence-corrected chi connectivity index (χ1v) is 8.30. The summed E-state index contributed by atoms with van der Waals surface area (Å²) in [6, 6.07) is 5.32. The molecular weight excluding hydrogens is 294 g/mol. The third-order valence-electron chi connectivity index (χ3n) is 3.91. The lowest BCUT2D eigenvalue weighted by Crippen LogP contribution is -2.37. The number of Topliss-reactive ketones (excluding diaryl/α,β-unsaturated/α-hetero) is 1. The average molecular weight is 319 g/mol. The highest BCUT2D eigenvalue weighted by atomic mass is 16.5. The maximum absolute atomic E-state index is 12.0. The fraction of sp³-hybridized carbons (Fsp3) is 0.556. The van der Waals surface area contributed by atoms with Crippen LogP contribution < -0.4 is 9.64 Å². The van der Waals surface area contributed by atoms with Gasteiger partial charge in [-0.1, -0.05) is 26.2 Å². The molecule has 23 heavy (non-hydrogen) atoms. The second-order valence-corrected chi connectivity index (χ2v) is 5.79. The van der Waals surface area contributed by atoms with Crippen LogP contribution in [0.1, 0.15) is 49.9 Å². The number of carbonyl (C=O) groups is 2. The molecule has 0 amide bonds. The highest BCUT2D eigenvalue weighted by molar-refractivity contribution is 5.95. The number of anilines is 1. The average Bonchev–Trinajstić information content (AvgIpc) is 2.54. The van der Waals surface area contributed by atoms with Gasteiger partial charge in [-0.3, -0.25) is 9.59 Å². The van der Waals surface area contributed by atoms with Crippen molar-refractivity contribution in [3.8, 4) is 5.75 Å². The molecule has 0 saturated carbocycles. The van der Waals surface area contributed by atoms with Crippen LogP contribution >= 0.6 is 0 Å². The molecule has 5 nitrogen and oxygen atoms in total. The first kappa shape index (κ1) is 17.3. The van der Waals surface area contributed by atoms with Gasteiger partial charge in [-0.2, -0.15) is 0 Å². The Labute approximate surface area is 137 Å². The van der Waals surface area contributed by atoms with Crippen molar-refractivity contribution in [2.24, 2.45) is 0 Å². The molecule has 0 aliphatic carbocycles. The van der Waals surface area contributed by atoms with E-state index in [0.29, 0.717) is 31.1 Å². The molecule has 126 valence electrons. The molecule has 0 fully saturated rings.